The molecule has 0 aliphatic carbocycles. The van der Waals surface area contributed by atoms with E-state index in [1.807, 2.05) is 0 Å². The van der Waals surface area contributed by atoms with E-state index in [9.17, 15) is 0 Å². The third-order valence-electron chi connectivity index (χ3n) is 16.7. The van der Waals surface area contributed by atoms with Gasteiger partial charge in [0.2, 0.25) is 0 Å². The molecule has 0 saturated carbocycles. The minimum Gasteiger partial charge on any atom is -0.457 e. The second-order valence-corrected chi connectivity index (χ2v) is 19.3. The molecule has 0 aliphatic rings. The van der Waals surface area contributed by atoms with Crippen molar-refractivity contribution in [3.63, 3.8) is 0 Å². The monoisotopic (exact) mass is 804 g/mol. The molecular weight excluding hydrogens is 756 g/mol. The van der Waals surface area contributed by atoms with Crippen LogP contribution in [0.5, 0.6) is 0 Å². The highest BCUT2D eigenvalue weighted by Crippen LogP contribution is 2.37. The standard InChI is InChI=1S/C41H44B19N3O/c42-18-11(12-14(20(44)26(18)50)21(45)28(52)27(51)19(12)43)9-5-1-4-8-7(9)3-2-6-10(8)39-61-40(63-41(62-39)17-24(48)30(54)33(57)31(55)25(17)49)16-13-15-22(46)29(53)34(58)36(60)38(15)64-37(13)35(59)32(56)23(16)47/h1-6H,42-60H2. The summed E-state index contributed by atoms with van der Waals surface area (Å²) < 4.78 is 6.97. The lowest BCUT2D eigenvalue weighted by atomic mass is 9.58. The Kier molecular flexibility index (Phi) is 10.8. The van der Waals surface area contributed by atoms with Crippen molar-refractivity contribution in [2.24, 2.45) is 0 Å². The van der Waals surface area contributed by atoms with Gasteiger partial charge in [0.05, 0.1) is 0 Å². The molecule has 0 amide bonds. The average molecular weight is 800 g/mol. The van der Waals surface area contributed by atoms with Gasteiger partial charge >= 0.3 is 0 Å². The van der Waals surface area contributed by atoms with E-state index >= 15 is 0 Å². The van der Waals surface area contributed by atoms with E-state index in [1.54, 1.807) is 0 Å². The Balaban J connectivity index is 1.43. The van der Waals surface area contributed by atoms with Gasteiger partial charge < -0.3 is 4.42 Å². The van der Waals surface area contributed by atoms with E-state index < -0.39 is 0 Å². The first-order valence-electron chi connectivity index (χ1n) is 23.0. The van der Waals surface area contributed by atoms with Gasteiger partial charge in [-0.1, -0.05) is 102 Å². The van der Waals surface area contributed by atoms with Crippen molar-refractivity contribution in [2.75, 3.05) is 0 Å². The molecule has 286 valence electrons. The fourth-order valence-corrected chi connectivity index (χ4v) is 11.1. The molecule has 0 aliphatic heterocycles. The maximum atomic E-state index is 6.97. The van der Waals surface area contributed by atoms with Gasteiger partial charge in [-0.2, -0.15) is 0 Å². The van der Waals surface area contributed by atoms with Crippen LogP contribution in [0.15, 0.2) is 40.8 Å². The topological polar surface area (TPSA) is 51.8 Å². The lowest BCUT2D eigenvalue weighted by Crippen LogP contribution is -2.55. The normalized spacial score (nSPS) is 11.7. The molecule has 0 bridgehead atoms. The van der Waals surface area contributed by atoms with Crippen LogP contribution in [-0.2, 0) is 0 Å². The predicted octanol–water partition coefficient (Wildman–Crippen LogP) is -22.3. The molecule has 9 rings (SSSR count). The molecular formula is C41H44B19N3O. The van der Waals surface area contributed by atoms with Crippen LogP contribution in [0.25, 0.3) is 88.8 Å². The van der Waals surface area contributed by atoms with Crippen LogP contribution >= 0.6 is 0 Å². The van der Waals surface area contributed by atoms with E-state index in [0.29, 0.717) is 17.5 Å². The zero-order valence-corrected chi connectivity index (χ0v) is 41.7. The maximum Gasteiger partial charge on any atom is 0.164 e. The molecule has 0 spiro atoms. The van der Waals surface area contributed by atoms with Crippen LogP contribution < -0.4 is 104 Å². The number of nitrogens with zero attached hydrogens (tertiary/aromatic N) is 3. The van der Waals surface area contributed by atoms with Crippen LogP contribution in [-0.4, -0.2) is 164 Å². The Morgan fingerprint density at radius 1 is 0.266 bits per heavy atom. The molecule has 4 nitrogen and oxygen atoms in total. The molecule has 7 aromatic carbocycles. The quantitative estimate of drug-likeness (QED) is 0.166. The first-order chi connectivity index (χ1) is 30.2. The summed E-state index contributed by atoms with van der Waals surface area (Å²) in [4.78, 5) is 16.7. The molecule has 64 heavy (non-hydrogen) atoms. The van der Waals surface area contributed by atoms with Crippen LogP contribution in [0.1, 0.15) is 0 Å². The van der Waals surface area contributed by atoms with Gasteiger partial charge in [0.15, 0.2) is 17.5 Å². The van der Waals surface area contributed by atoms with Gasteiger partial charge in [-0.3, -0.25) is 0 Å². The fourth-order valence-electron chi connectivity index (χ4n) is 11.1. The Bertz CT molecular complexity index is 3590. The van der Waals surface area contributed by atoms with Gasteiger partial charge in [0.1, 0.15) is 160 Å². The lowest BCUT2D eigenvalue weighted by Gasteiger charge is -2.25. The van der Waals surface area contributed by atoms with Gasteiger partial charge in [0, 0.05) is 27.5 Å². The number of furan rings is 1. The zero-order valence-electron chi connectivity index (χ0n) is 41.7. The van der Waals surface area contributed by atoms with Gasteiger partial charge in [-0.25, -0.2) is 15.0 Å². The highest BCUT2D eigenvalue weighted by molar-refractivity contribution is 6.73. The molecule has 0 atom stereocenters. The SMILES string of the molecule is Bc1c(B)c(B)c(-c2nc(-c3cccc4c(-c5c(B)c(B)c(B)c6c(B)c(B)c(B)c(B)c56)cccc34)nc(-c3c(B)c(B)c(B)c4oc5c(B)c(B)c(B)c(B)c5c34)n2)c(B)c1B. The molecule has 9 aromatic rings. The molecule has 23 heteroatoms. The first kappa shape index (κ1) is 44.3. The third kappa shape index (κ3) is 6.14. The summed E-state index contributed by atoms with van der Waals surface area (Å²) in [7, 11) is 42.7. The van der Waals surface area contributed by atoms with E-state index in [4.69, 9.17) is 19.4 Å². The van der Waals surface area contributed by atoms with E-state index in [0.717, 1.165) is 54.9 Å². The number of benzene rings is 7. The Labute approximate surface area is 395 Å². The highest BCUT2D eigenvalue weighted by atomic mass is 16.3. The third-order valence-corrected chi connectivity index (χ3v) is 16.7. The highest BCUT2D eigenvalue weighted by Gasteiger charge is 2.27. The summed E-state index contributed by atoms with van der Waals surface area (Å²) in [5, 5.41) is 7.27. The zero-order chi connectivity index (χ0) is 46.3. The summed E-state index contributed by atoms with van der Waals surface area (Å²) >= 11 is 0. The van der Waals surface area contributed by atoms with Crippen molar-refractivity contribution < 1.29 is 4.42 Å². The molecule has 0 N–H and O–H groups in total. The van der Waals surface area contributed by atoms with Crippen LogP contribution in [0.3, 0.4) is 0 Å². The van der Waals surface area contributed by atoms with Crippen molar-refractivity contribution in [2.45, 2.75) is 0 Å². The smallest absolute Gasteiger partial charge is 0.164 e. The molecule has 0 saturated heterocycles. The lowest BCUT2D eigenvalue weighted by molar-refractivity contribution is 0.675. The van der Waals surface area contributed by atoms with Crippen molar-refractivity contribution in [3.8, 4) is 45.3 Å². The van der Waals surface area contributed by atoms with Crippen molar-refractivity contribution >= 4 is 296 Å². The molecule has 2 aromatic heterocycles. The van der Waals surface area contributed by atoms with Crippen molar-refractivity contribution in [3.05, 3.63) is 36.4 Å². The van der Waals surface area contributed by atoms with E-state index in [1.165, 1.54) is 120 Å². The number of rotatable bonds is 4. The molecule has 0 unspecified atom stereocenters. The number of hydrogen-bond donors (Lipinski definition) is 0. The second-order valence-electron chi connectivity index (χ2n) is 19.3. The molecule has 0 radical (unpaired) electrons. The number of fused-ring (bicyclic) bond motifs is 5. The van der Waals surface area contributed by atoms with Gasteiger partial charge in [0.25, 0.3) is 0 Å². The second kappa shape index (κ2) is 15.6. The Morgan fingerprint density at radius 3 is 1.17 bits per heavy atom. The summed E-state index contributed by atoms with van der Waals surface area (Å²) in [6, 6.07) is 13.5. The van der Waals surface area contributed by atoms with Crippen molar-refractivity contribution in [1.29, 1.82) is 0 Å². The van der Waals surface area contributed by atoms with E-state index in [-0.39, 0.29) is 0 Å². The van der Waals surface area contributed by atoms with Crippen LogP contribution in [0, 0.1) is 0 Å². The molecule has 0 fully saturated rings. The van der Waals surface area contributed by atoms with Crippen molar-refractivity contribution in [1.82, 2.24) is 15.0 Å². The summed E-state index contributed by atoms with van der Waals surface area (Å²) in [5.41, 5.74) is 31.7. The predicted molar refractivity (Wildman–Crippen MR) is 339 cm³/mol. The minimum atomic E-state index is 0.663. The summed E-state index contributed by atoms with van der Waals surface area (Å²) in [6.45, 7) is 0. The Morgan fingerprint density at radius 2 is 0.609 bits per heavy atom. The number of hydrogen-bond acceptors (Lipinski definition) is 4. The molecule has 2 heterocycles. The average Bonchev–Trinajstić information content (AvgIpc) is 3.68. The number of aromatic nitrogens is 3. The fraction of sp³-hybridized carbons (Fsp3) is 0. The minimum absolute atomic E-state index is 0.663. The van der Waals surface area contributed by atoms with Gasteiger partial charge in [-0.15, -0.1) is 38.2 Å². The van der Waals surface area contributed by atoms with Crippen LogP contribution in [0.4, 0.5) is 0 Å². The van der Waals surface area contributed by atoms with Crippen LogP contribution in [0.2, 0.25) is 0 Å². The first-order valence-corrected chi connectivity index (χ1v) is 23.0. The maximum absolute atomic E-state index is 6.97. The summed E-state index contributed by atoms with van der Waals surface area (Å²) in [5.74, 6) is 2.02. The van der Waals surface area contributed by atoms with E-state index in [2.05, 4.69) is 185 Å². The Hall–Kier alpha value is -4.90. The largest absolute Gasteiger partial charge is 0.457 e. The van der Waals surface area contributed by atoms with Gasteiger partial charge in [-0.05, 0) is 32.7 Å². The summed E-state index contributed by atoms with van der Waals surface area (Å²) in [6.07, 6.45) is 0.